The molecule has 0 spiro atoms. The van der Waals surface area contributed by atoms with Crippen molar-refractivity contribution in [3.63, 3.8) is 0 Å². The fourth-order valence-corrected chi connectivity index (χ4v) is 1.81. The van der Waals surface area contributed by atoms with Crippen LogP contribution in [0, 0.1) is 6.92 Å². The Balaban J connectivity index is 2.23. The number of anilines is 2. The van der Waals surface area contributed by atoms with Crippen molar-refractivity contribution < 1.29 is 9.53 Å². The van der Waals surface area contributed by atoms with Crippen molar-refractivity contribution in [3.05, 3.63) is 47.8 Å². The predicted octanol–water partition coefficient (Wildman–Crippen LogP) is 2.62. The zero-order valence-corrected chi connectivity index (χ0v) is 11.5. The minimum Gasteiger partial charge on any atom is -0.494 e. The Hall–Kier alpha value is -2.56. The van der Waals surface area contributed by atoms with E-state index in [1.807, 2.05) is 13.8 Å². The summed E-state index contributed by atoms with van der Waals surface area (Å²) in [6.45, 7) is 4.28. The monoisotopic (exact) mass is 271 g/mol. The minimum absolute atomic E-state index is 0.229. The molecule has 0 saturated carbocycles. The van der Waals surface area contributed by atoms with E-state index in [1.54, 1.807) is 36.7 Å². The van der Waals surface area contributed by atoms with E-state index in [4.69, 9.17) is 10.5 Å². The third-order valence-corrected chi connectivity index (χ3v) is 2.77. The van der Waals surface area contributed by atoms with Gasteiger partial charge in [0.15, 0.2) is 0 Å². The molecule has 3 N–H and O–H groups in total. The Morgan fingerprint density at radius 2 is 2.20 bits per heavy atom. The van der Waals surface area contributed by atoms with Crippen LogP contribution in [-0.2, 0) is 0 Å². The molecular formula is C15H17N3O2. The molecule has 2 aromatic rings. The number of carbonyl (C=O) groups is 1. The van der Waals surface area contributed by atoms with Gasteiger partial charge in [-0.3, -0.25) is 9.78 Å². The second kappa shape index (κ2) is 6.06. The van der Waals surface area contributed by atoms with E-state index in [-0.39, 0.29) is 5.91 Å². The smallest absolute Gasteiger partial charge is 0.255 e. The van der Waals surface area contributed by atoms with E-state index in [2.05, 4.69) is 10.3 Å². The molecule has 5 nitrogen and oxygen atoms in total. The molecule has 1 heterocycles. The molecular weight excluding hydrogens is 254 g/mol. The highest BCUT2D eigenvalue weighted by molar-refractivity contribution is 6.05. The van der Waals surface area contributed by atoms with Gasteiger partial charge in [-0.05, 0) is 37.6 Å². The molecule has 104 valence electrons. The number of nitrogens with one attached hydrogen (secondary N) is 1. The molecule has 1 aromatic heterocycles. The number of aryl methyl sites for hydroxylation is 1. The molecule has 1 aromatic carbocycles. The lowest BCUT2D eigenvalue weighted by molar-refractivity contribution is 0.102. The molecule has 0 fully saturated rings. The number of nitrogens with zero attached hydrogens (tertiary/aromatic N) is 1. The highest BCUT2D eigenvalue weighted by atomic mass is 16.5. The maximum absolute atomic E-state index is 12.2. The van der Waals surface area contributed by atoms with Gasteiger partial charge in [-0.25, -0.2) is 0 Å². The van der Waals surface area contributed by atoms with Gasteiger partial charge in [0.05, 0.1) is 6.61 Å². The molecule has 2 rings (SSSR count). The van der Waals surface area contributed by atoms with Crippen LogP contribution < -0.4 is 15.8 Å². The standard InChI is InChI=1S/C15H17N3O2/c1-3-20-13-7-11(6-12(16)8-13)15(19)18-14-4-5-17-9-10(14)2/h4-9H,3,16H2,1-2H3,(H,17,18,19). The molecule has 1 amide bonds. The van der Waals surface area contributed by atoms with Crippen LogP contribution in [-0.4, -0.2) is 17.5 Å². The van der Waals surface area contributed by atoms with Crippen molar-refractivity contribution in [2.24, 2.45) is 0 Å². The molecule has 0 aliphatic rings. The SMILES string of the molecule is CCOc1cc(N)cc(C(=O)Nc2ccncc2C)c1. The number of hydrogen-bond acceptors (Lipinski definition) is 4. The maximum atomic E-state index is 12.2. The van der Waals surface area contributed by atoms with E-state index in [1.165, 1.54) is 0 Å². The van der Waals surface area contributed by atoms with Gasteiger partial charge in [0.1, 0.15) is 5.75 Å². The summed E-state index contributed by atoms with van der Waals surface area (Å²) in [6, 6.07) is 6.74. The van der Waals surface area contributed by atoms with Crippen LogP contribution >= 0.6 is 0 Å². The average molecular weight is 271 g/mol. The number of pyridine rings is 1. The van der Waals surface area contributed by atoms with E-state index in [0.29, 0.717) is 23.6 Å². The van der Waals surface area contributed by atoms with Crippen LogP contribution in [0.4, 0.5) is 11.4 Å². The fraction of sp³-hybridized carbons (Fsp3) is 0.200. The largest absolute Gasteiger partial charge is 0.494 e. The number of carbonyl (C=O) groups excluding carboxylic acids is 1. The zero-order chi connectivity index (χ0) is 14.5. The Morgan fingerprint density at radius 3 is 2.90 bits per heavy atom. The summed E-state index contributed by atoms with van der Waals surface area (Å²) in [7, 11) is 0. The second-order valence-corrected chi connectivity index (χ2v) is 4.37. The summed E-state index contributed by atoms with van der Waals surface area (Å²) in [5.41, 5.74) is 8.36. The first-order chi connectivity index (χ1) is 9.60. The first kappa shape index (κ1) is 13.9. The Labute approximate surface area is 117 Å². The molecule has 0 aliphatic carbocycles. The maximum Gasteiger partial charge on any atom is 0.255 e. The van der Waals surface area contributed by atoms with Crippen LogP contribution in [0.2, 0.25) is 0 Å². The molecule has 5 heteroatoms. The summed E-state index contributed by atoms with van der Waals surface area (Å²) in [6.07, 6.45) is 3.33. The number of rotatable bonds is 4. The highest BCUT2D eigenvalue weighted by Gasteiger charge is 2.10. The number of aromatic nitrogens is 1. The first-order valence-corrected chi connectivity index (χ1v) is 6.35. The van der Waals surface area contributed by atoms with Gasteiger partial charge < -0.3 is 15.8 Å². The third kappa shape index (κ3) is 3.26. The zero-order valence-electron chi connectivity index (χ0n) is 11.5. The second-order valence-electron chi connectivity index (χ2n) is 4.37. The molecule has 0 bridgehead atoms. The third-order valence-electron chi connectivity index (χ3n) is 2.77. The summed E-state index contributed by atoms with van der Waals surface area (Å²) in [5, 5.41) is 2.83. The first-order valence-electron chi connectivity index (χ1n) is 6.35. The van der Waals surface area contributed by atoms with Gasteiger partial charge in [0, 0.05) is 35.4 Å². The minimum atomic E-state index is -0.229. The average Bonchev–Trinajstić information content (AvgIpc) is 2.41. The van der Waals surface area contributed by atoms with Crippen LogP contribution in [0.1, 0.15) is 22.8 Å². The Kier molecular flexibility index (Phi) is 4.20. The molecule has 0 radical (unpaired) electrons. The van der Waals surface area contributed by atoms with Gasteiger partial charge >= 0.3 is 0 Å². The van der Waals surface area contributed by atoms with Gasteiger partial charge in [0.2, 0.25) is 0 Å². The highest BCUT2D eigenvalue weighted by Crippen LogP contribution is 2.20. The Morgan fingerprint density at radius 1 is 1.40 bits per heavy atom. The Bertz CT molecular complexity index is 626. The summed E-state index contributed by atoms with van der Waals surface area (Å²) >= 11 is 0. The summed E-state index contributed by atoms with van der Waals surface area (Å²) < 4.78 is 5.38. The van der Waals surface area contributed by atoms with Crippen LogP contribution in [0.3, 0.4) is 0 Å². The number of hydrogen-bond donors (Lipinski definition) is 2. The van der Waals surface area contributed by atoms with E-state index in [0.717, 1.165) is 11.3 Å². The van der Waals surface area contributed by atoms with Gasteiger partial charge in [0.25, 0.3) is 5.91 Å². The number of nitrogen functional groups attached to an aromatic ring is 1. The lowest BCUT2D eigenvalue weighted by Gasteiger charge is -2.10. The summed E-state index contributed by atoms with van der Waals surface area (Å²) in [4.78, 5) is 16.2. The molecule has 0 aliphatic heterocycles. The van der Waals surface area contributed by atoms with Crippen molar-refractivity contribution in [2.75, 3.05) is 17.7 Å². The molecule has 0 saturated heterocycles. The number of nitrogens with two attached hydrogens (primary N) is 1. The van der Waals surface area contributed by atoms with Crippen molar-refractivity contribution in [2.45, 2.75) is 13.8 Å². The van der Waals surface area contributed by atoms with E-state index >= 15 is 0 Å². The van der Waals surface area contributed by atoms with E-state index in [9.17, 15) is 4.79 Å². The molecule has 0 unspecified atom stereocenters. The normalized spacial score (nSPS) is 10.1. The lowest BCUT2D eigenvalue weighted by Crippen LogP contribution is -2.13. The van der Waals surface area contributed by atoms with Crippen LogP contribution in [0.15, 0.2) is 36.7 Å². The predicted molar refractivity (Wildman–Crippen MR) is 79.0 cm³/mol. The lowest BCUT2D eigenvalue weighted by atomic mass is 10.1. The van der Waals surface area contributed by atoms with Crippen LogP contribution in [0.25, 0.3) is 0 Å². The van der Waals surface area contributed by atoms with Crippen molar-refractivity contribution in [1.82, 2.24) is 4.98 Å². The van der Waals surface area contributed by atoms with Gasteiger partial charge in [-0.2, -0.15) is 0 Å². The quantitative estimate of drug-likeness (QED) is 0.838. The van der Waals surface area contributed by atoms with Crippen LogP contribution in [0.5, 0.6) is 5.75 Å². The van der Waals surface area contributed by atoms with Crippen molar-refractivity contribution >= 4 is 17.3 Å². The number of ether oxygens (including phenoxy) is 1. The van der Waals surface area contributed by atoms with Crippen molar-refractivity contribution in [1.29, 1.82) is 0 Å². The summed E-state index contributed by atoms with van der Waals surface area (Å²) in [5.74, 6) is 0.358. The molecule has 0 atom stereocenters. The number of amides is 1. The van der Waals surface area contributed by atoms with Crippen molar-refractivity contribution in [3.8, 4) is 5.75 Å². The van der Waals surface area contributed by atoms with E-state index < -0.39 is 0 Å². The molecule has 20 heavy (non-hydrogen) atoms. The number of benzene rings is 1. The van der Waals surface area contributed by atoms with Gasteiger partial charge in [-0.1, -0.05) is 0 Å². The topological polar surface area (TPSA) is 77.2 Å². The van der Waals surface area contributed by atoms with Gasteiger partial charge in [-0.15, -0.1) is 0 Å². The fourth-order valence-electron chi connectivity index (χ4n) is 1.81.